The third-order valence-corrected chi connectivity index (χ3v) is 6.27. The average molecular weight is 348 g/mol. The summed E-state index contributed by atoms with van der Waals surface area (Å²) in [4.78, 5) is 18.8. The molecule has 1 saturated heterocycles. The second-order valence-electron chi connectivity index (χ2n) is 6.15. The molecule has 1 aromatic carbocycles. The molecule has 0 aliphatic carbocycles. The van der Waals surface area contributed by atoms with Crippen molar-refractivity contribution in [3.05, 3.63) is 35.5 Å². The number of benzene rings is 1. The quantitative estimate of drug-likeness (QED) is 0.845. The predicted molar refractivity (Wildman–Crippen MR) is 92.2 cm³/mol. The van der Waals surface area contributed by atoms with Crippen LogP contribution in [0.15, 0.2) is 24.3 Å². The maximum atomic E-state index is 12.8. The number of carbonyl (C=O) groups excluding carboxylic acids is 1. The molecular formula is C17H20N2O4S. The number of rotatable bonds is 3. The number of hydrogen-bond acceptors (Lipinski definition) is 5. The van der Waals surface area contributed by atoms with Crippen molar-refractivity contribution in [1.29, 1.82) is 0 Å². The highest BCUT2D eigenvalue weighted by Gasteiger charge is 2.33. The average Bonchev–Trinajstić information content (AvgIpc) is 2.92. The van der Waals surface area contributed by atoms with E-state index in [9.17, 15) is 13.2 Å². The van der Waals surface area contributed by atoms with Crippen LogP contribution in [0.5, 0.6) is 5.75 Å². The van der Waals surface area contributed by atoms with Gasteiger partial charge in [-0.25, -0.2) is 8.42 Å². The maximum absolute atomic E-state index is 12.8. The molecule has 1 amide bonds. The fraction of sp³-hybridized carbons (Fsp3) is 0.412. The first-order chi connectivity index (χ1) is 11.3. The minimum atomic E-state index is -3.03. The summed E-state index contributed by atoms with van der Waals surface area (Å²) in [6.45, 7) is 1.78. The molecule has 3 rings (SSSR count). The lowest BCUT2D eigenvalue weighted by atomic mass is 10.1. The minimum absolute atomic E-state index is 0.0342. The van der Waals surface area contributed by atoms with Crippen LogP contribution in [-0.2, 0) is 9.84 Å². The highest BCUT2D eigenvalue weighted by atomic mass is 32.2. The summed E-state index contributed by atoms with van der Waals surface area (Å²) in [6.07, 6.45) is 0.488. The number of amides is 1. The Hall–Kier alpha value is -2.15. The summed E-state index contributed by atoms with van der Waals surface area (Å²) in [7, 11) is 0.220. The van der Waals surface area contributed by atoms with Gasteiger partial charge in [0.15, 0.2) is 9.84 Å². The van der Waals surface area contributed by atoms with E-state index in [1.54, 1.807) is 27.1 Å². The van der Waals surface area contributed by atoms with Gasteiger partial charge in [0.1, 0.15) is 5.75 Å². The summed E-state index contributed by atoms with van der Waals surface area (Å²) in [6, 6.07) is 7.04. The lowest BCUT2D eigenvalue weighted by Crippen LogP contribution is -2.38. The number of carbonyl (C=O) groups is 1. The Labute approximate surface area is 141 Å². The largest absolute Gasteiger partial charge is 0.497 e. The Bertz CT molecular complexity index is 908. The van der Waals surface area contributed by atoms with E-state index in [4.69, 9.17) is 4.74 Å². The van der Waals surface area contributed by atoms with Crippen LogP contribution in [-0.4, -0.2) is 55.9 Å². The van der Waals surface area contributed by atoms with E-state index < -0.39 is 9.84 Å². The first kappa shape index (κ1) is 16.7. The van der Waals surface area contributed by atoms with Gasteiger partial charge in [-0.15, -0.1) is 0 Å². The summed E-state index contributed by atoms with van der Waals surface area (Å²) in [5.74, 6) is 0.692. The molecule has 1 unspecified atom stereocenters. The molecule has 2 heterocycles. The van der Waals surface area contributed by atoms with Crippen molar-refractivity contribution in [2.45, 2.75) is 19.4 Å². The number of hydrogen-bond donors (Lipinski definition) is 0. The molecule has 0 bridgehead atoms. The molecule has 7 heteroatoms. The van der Waals surface area contributed by atoms with Crippen molar-refractivity contribution in [3.63, 3.8) is 0 Å². The van der Waals surface area contributed by atoms with Crippen LogP contribution in [0.4, 0.5) is 0 Å². The molecule has 0 N–H and O–H groups in total. The van der Waals surface area contributed by atoms with Gasteiger partial charge in [0.2, 0.25) is 0 Å². The van der Waals surface area contributed by atoms with E-state index >= 15 is 0 Å². The first-order valence-electron chi connectivity index (χ1n) is 7.74. The molecule has 0 spiro atoms. The summed E-state index contributed by atoms with van der Waals surface area (Å²) < 4.78 is 28.5. The van der Waals surface area contributed by atoms with Crippen molar-refractivity contribution < 1.29 is 17.9 Å². The number of pyridine rings is 1. The van der Waals surface area contributed by atoms with E-state index in [1.807, 2.05) is 18.2 Å². The Kier molecular flexibility index (Phi) is 4.21. The summed E-state index contributed by atoms with van der Waals surface area (Å²) in [5, 5.41) is 0.845. The van der Waals surface area contributed by atoms with Gasteiger partial charge < -0.3 is 9.64 Å². The molecule has 1 fully saturated rings. The molecule has 0 radical (unpaired) electrons. The number of fused-ring (bicyclic) bond motifs is 1. The van der Waals surface area contributed by atoms with E-state index in [0.29, 0.717) is 23.4 Å². The van der Waals surface area contributed by atoms with Crippen molar-refractivity contribution in [1.82, 2.24) is 9.88 Å². The fourth-order valence-electron chi connectivity index (χ4n) is 3.02. The molecular weight excluding hydrogens is 328 g/mol. The first-order valence-corrected chi connectivity index (χ1v) is 9.56. The second-order valence-corrected chi connectivity index (χ2v) is 8.38. The number of nitrogens with zero attached hydrogens (tertiary/aromatic N) is 2. The number of aryl methyl sites for hydroxylation is 1. The van der Waals surface area contributed by atoms with Crippen LogP contribution in [0.2, 0.25) is 0 Å². The van der Waals surface area contributed by atoms with Gasteiger partial charge in [-0.1, -0.05) is 0 Å². The van der Waals surface area contributed by atoms with Crippen molar-refractivity contribution in [2.24, 2.45) is 0 Å². The number of aromatic nitrogens is 1. The van der Waals surface area contributed by atoms with Gasteiger partial charge in [0.25, 0.3) is 5.91 Å². The molecule has 1 atom stereocenters. The molecule has 2 aromatic rings. The Morgan fingerprint density at radius 1 is 1.33 bits per heavy atom. The third kappa shape index (κ3) is 3.08. The molecule has 24 heavy (non-hydrogen) atoms. The zero-order valence-electron chi connectivity index (χ0n) is 13.9. The number of sulfone groups is 1. The van der Waals surface area contributed by atoms with Crippen LogP contribution in [0.25, 0.3) is 10.9 Å². The van der Waals surface area contributed by atoms with Gasteiger partial charge in [-0.05, 0) is 31.5 Å². The van der Waals surface area contributed by atoms with Crippen molar-refractivity contribution in [3.8, 4) is 5.75 Å². The number of methoxy groups -OCH3 is 1. The smallest absolute Gasteiger partial charge is 0.255 e. The molecule has 6 nitrogen and oxygen atoms in total. The zero-order chi connectivity index (χ0) is 17.5. The van der Waals surface area contributed by atoms with Crippen LogP contribution >= 0.6 is 0 Å². The van der Waals surface area contributed by atoms with Gasteiger partial charge in [0, 0.05) is 24.5 Å². The maximum Gasteiger partial charge on any atom is 0.255 e. The number of ether oxygens (including phenoxy) is 1. The summed E-state index contributed by atoms with van der Waals surface area (Å²) >= 11 is 0. The Balaban J connectivity index is 1.93. The fourth-order valence-corrected chi connectivity index (χ4v) is 4.80. The normalized spacial score (nSPS) is 19.4. The zero-order valence-corrected chi connectivity index (χ0v) is 14.8. The monoisotopic (exact) mass is 348 g/mol. The van der Waals surface area contributed by atoms with E-state index in [0.717, 1.165) is 10.9 Å². The standard InChI is InChI=1S/C17H20N2O4S/c1-11-15(8-12-4-5-14(23-3)9-16(12)18-11)17(20)19(2)13-6-7-24(21,22)10-13/h4-5,8-9,13H,6-7,10H2,1-3H3. The predicted octanol–water partition coefficient (Wildman–Crippen LogP) is 1.81. The Morgan fingerprint density at radius 3 is 2.71 bits per heavy atom. The topological polar surface area (TPSA) is 76.6 Å². The molecule has 0 saturated carbocycles. The molecule has 1 aromatic heterocycles. The third-order valence-electron chi connectivity index (χ3n) is 4.52. The van der Waals surface area contributed by atoms with Crippen molar-refractivity contribution >= 4 is 26.6 Å². The lowest BCUT2D eigenvalue weighted by molar-refractivity contribution is 0.0746. The van der Waals surface area contributed by atoms with Crippen LogP contribution < -0.4 is 4.74 Å². The van der Waals surface area contributed by atoms with E-state index in [-0.39, 0.29) is 23.5 Å². The molecule has 1 aliphatic heterocycles. The highest BCUT2D eigenvalue weighted by molar-refractivity contribution is 7.91. The molecule has 1 aliphatic rings. The minimum Gasteiger partial charge on any atom is -0.497 e. The van der Waals surface area contributed by atoms with Gasteiger partial charge in [-0.2, -0.15) is 0 Å². The second kappa shape index (κ2) is 6.05. The van der Waals surface area contributed by atoms with Gasteiger partial charge in [-0.3, -0.25) is 9.78 Å². The Morgan fingerprint density at radius 2 is 2.08 bits per heavy atom. The van der Waals surface area contributed by atoms with Crippen LogP contribution in [0.1, 0.15) is 22.5 Å². The van der Waals surface area contributed by atoms with Gasteiger partial charge >= 0.3 is 0 Å². The van der Waals surface area contributed by atoms with Crippen LogP contribution in [0, 0.1) is 6.92 Å². The van der Waals surface area contributed by atoms with Crippen LogP contribution in [0.3, 0.4) is 0 Å². The summed E-state index contributed by atoms with van der Waals surface area (Å²) in [5.41, 5.74) is 1.88. The van der Waals surface area contributed by atoms with E-state index in [1.165, 1.54) is 4.90 Å². The van der Waals surface area contributed by atoms with Gasteiger partial charge in [0.05, 0.1) is 35.4 Å². The highest BCUT2D eigenvalue weighted by Crippen LogP contribution is 2.24. The SMILES string of the molecule is COc1ccc2cc(C(=O)N(C)C3CCS(=O)(=O)C3)c(C)nc2c1. The molecule has 128 valence electrons. The van der Waals surface area contributed by atoms with E-state index in [2.05, 4.69) is 4.98 Å². The lowest BCUT2D eigenvalue weighted by Gasteiger charge is -2.24. The van der Waals surface area contributed by atoms with Crippen molar-refractivity contribution in [2.75, 3.05) is 25.7 Å².